The van der Waals surface area contributed by atoms with Gasteiger partial charge >= 0.3 is 5.70 Å². The second-order valence-electron chi connectivity index (χ2n) is 9.53. The first-order valence-corrected chi connectivity index (χ1v) is 13.8. The molecule has 7 nitrogen and oxygen atoms in total. The quantitative estimate of drug-likeness (QED) is 0.294. The Morgan fingerprint density at radius 3 is 2.34 bits per heavy atom. The van der Waals surface area contributed by atoms with E-state index in [4.69, 9.17) is 41.4 Å². The average molecular weight is 572 g/mol. The highest BCUT2D eigenvalue weighted by molar-refractivity contribution is 6.34. The van der Waals surface area contributed by atoms with Crippen LogP contribution in [0.5, 0.6) is 0 Å². The maximum atomic E-state index is 12.9. The van der Waals surface area contributed by atoms with Gasteiger partial charge in [0.25, 0.3) is 0 Å². The summed E-state index contributed by atoms with van der Waals surface area (Å²) in [7, 11) is 0. The molecule has 2 fully saturated rings. The number of nitrogens with one attached hydrogen (secondary N) is 1. The van der Waals surface area contributed by atoms with Crippen LogP contribution in [0.3, 0.4) is 0 Å². The Hall–Kier alpha value is -2.94. The Morgan fingerprint density at radius 2 is 1.66 bits per heavy atom. The molecule has 0 unspecified atom stereocenters. The van der Waals surface area contributed by atoms with E-state index in [1.54, 1.807) is 6.07 Å². The molecule has 0 spiro atoms. The minimum absolute atomic E-state index is 0.00973. The summed E-state index contributed by atoms with van der Waals surface area (Å²) >= 11 is 18.7. The number of nitrogens with zero attached hydrogens (tertiary/aromatic N) is 5. The standard InChI is InChI=1S/C28H29Cl3N6O/c1-33-26(17-32)28-36(11-12-37(28)19-21-13-22(29)16-23(30)14-21)10-7-27(38)34-25-15-20(5-6-24(25)31)18-35-8-3-2-4-9-35/h5-6,13-16H,2-4,7-12,18-19H2,(H,34,38)/b28-26+. The maximum Gasteiger partial charge on any atom is 0.300 e. The van der Waals surface area contributed by atoms with Gasteiger partial charge in [-0.15, -0.1) is 0 Å². The summed E-state index contributed by atoms with van der Waals surface area (Å²) in [6, 6.07) is 13.1. The van der Waals surface area contributed by atoms with E-state index < -0.39 is 0 Å². The molecular formula is C28H29Cl3N6O. The second kappa shape index (κ2) is 13.2. The van der Waals surface area contributed by atoms with Gasteiger partial charge in [-0.1, -0.05) is 47.3 Å². The Balaban J connectivity index is 1.40. The van der Waals surface area contributed by atoms with Crippen molar-refractivity contribution in [1.29, 1.82) is 5.26 Å². The van der Waals surface area contributed by atoms with Crippen molar-refractivity contribution in [2.45, 2.75) is 38.8 Å². The zero-order chi connectivity index (χ0) is 27.1. The minimum Gasteiger partial charge on any atom is -0.364 e. The zero-order valence-corrected chi connectivity index (χ0v) is 23.3. The van der Waals surface area contributed by atoms with E-state index in [2.05, 4.69) is 15.1 Å². The van der Waals surface area contributed by atoms with Crippen LogP contribution >= 0.6 is 34.8 Å². The van der Waals surface area contributed by atoms with Crippen LogP contribution in [-0.4, -0.2) is 53.3 Å². The number of hydrogen-bond donors (Lipinski definition) is 1. The number of benzene rings is 2. The van der Waals surface area contributed by atoms with Crippen molar-refractivity contribution in [3.63, 3.8) is 0 Å². The summed E-state index contributed by atoms with van der Waals surface area (Å²) in [5, 5.41) is 14.1. The molecule has 2 aliphatic heterocycles. The zero-order valence-electron chi connectivity index (χ0n) is 21.0. The van der Waals surface area contributed by atoms with Crippen molar-refractivity contribution in [1.82, 2.24) is 14.7 Å². The number of nitriles is 1. The fourth-order valence-corrected chi connectivity index (χ4v) is 5.70. The van der Waals surface area contributed by atoms with E-state index in [0.29, 0.717) is 52.8 Å². The summed E-state index contributed by atoms with van der Waals surface area (Å²) in [5.41, 5.74) is 2.58. The van der Waals surface area contributed by atoms with Gasteiger partial charge in [0.05, 0.1) is 23.4 Å². The van der Waals surface area contributed by atoms with Crippen LogP contribution in [0.1, 0.15) is 36.8 Å². The van der Waals surface area contributed by atoms with E-state index in [0.717, 1.165) is 30.8 Å². The van der Waals surface area contributed by atoms with Crippen molar-refractivity contribution >= 4 is 46.4 Å². The van der Waals surface area contributed by atoms with Crippen molar-refractivity contribution in [3.8, 4) is 6.07 Å². The fourth-order valence-electron chi connectivity index (χ4n) is 4.96. The minimum atomic E-state index is -0.178. The molecule has 2 aromatic carbocycles. The lowest BCUT2D eigenvalue weighted by molar-refractivity contribution is -0.116. The van der Waals surface area contributed by atoms with Crippen molar-refractivity contribution in [2.75, 3.05) is 38.0 Å². The highest BCUT2D eigenvalue weighted by Gasteiger charge is 2.29. The topological polar surface area (TPSA) is 67.0 Å². The van der Waals surface area contributed by atoms with Gasteiger partial charge in [0.2, 0.25) is 5.91 Å². The molecule has 198 valence electrons. The Labute approximate surface area is 239 Å². The van der Waals surface area contributed by atoms with E-state index in [9.17, 15) is 10.1 Å². The summed E-state index contributed by atoms with van der Waals surface area (Å²) in [5.74, 6) is 0.343. The van der Waals surface area contributed by atoms with Crippen LogP contribution in [0.15, 0.2) is 47.9 Å². The number of allylic oxidation sites excluding steroid dienone is 1. The predicted octanol–water partition coefficient (Wildman–Crippen LogP) is 6.39. The van der Waals surface area contributed by atoms with Gasteiger partial charge in [-0.2, -0.15) is 0 Å². The molecule has 1 amide bonds. The normalized spacial score (nSPS) is 17.2. The number of piperidine rings is 1. The average Bonchev–Trinajstić information content (AvgIpc) is 3.27. The molecule has 10 heteroatoms. The molecular weight excluding hydrogens is 543 g/mol. The van der Waals surface area contributed by atoms with Crippen molar-refractivity contribution in [3.05, 3.63) is 85.5 Å². The van der Waals surface area contributed by atoms with Gasteiger partial charge in [0.15, 0.2) is 0 Å². The first-order valence-electron chi connectivity index (χ1n) is 12.6. The number of rotatable bonds is 8. The van der Waals surface area contributed by atoms with Crippen LogP contribution in [0.2, 0.25) is 15.1 Å². The van der Waals surface area contributed by atoms with Gasteiger partial charge in [0, 0.05) is 49.2 Å². The molecule has 0 saturated carbocycles. The number of amides is 1. The summed E-state index contributed by atoms with van der Waals surface area (Å²) in [6.07, 6.45) is 3.90. The molecule has 0 bridgehead atoms. The van der Waals surface area contributed by atoms with Crippen LogP contribution in [-0.2, 0) is 17.9 Å². The van der Waals surface area contributed by atoms with Crippen LogP contribution in [0.25, 0.3) is 4.85 Å². The molecule has 2 saturated heterocycles. The molecule has 38 heavy (non-hydrogen) atoms. The molecule has 2 aromatic rings. The number of halogens is 3. The second-order valence-corrected chi connectivity index (χ2v) is 10.8. The molecule has 2 heterocycles. The highest BCUT2D eigenvalue weighted by atomic mass is 35.5. The van der Waals surface area contributed by atoms with E-state index in [1.807, 2.05) is 46.2 Å². The highest BCUT2D eigenvalue weighted by Crippen LogP contribution is 2.28. The third-order valence-electron chi connectivity index (χ3n) is 6.73. The van der Waals surface area contributed by atoms with Gasteiger partial charge in [-0.05, 0) is 67.4 Å². The van der Waals surface area contributed by atoms with Gasteiger partial charge in [0.1, 0.15) is 5.82 Å². The molecule has 0 aliphatic carbocycles. The van der Waals surface area contributed by atoms with Gasteiger partial charge in [-0.3, -0.25) is 9.69 Å². The number of likely N-dealkylation sites (tertiary alicyclic amines) is 1. The summed E-state index contributed by atoms with van der Waals surface area (Å²) in [6.45, 7) is 12.5. The molecule has 2 aliphatic rings. The largest absolute Gasteiger partial charge is 0.364 e. The lowest BCUT2D eigenvalue weighted by Crippen LogP contribution is -2.29. The number of carbonyl (C=O) groups excluding carboxylic acids is 1. The Bertz CT molecular complexity index is 1260. The molecule has 0 radical (unpaired) electrons. The number of anilines is 1. The predicted molar refractivity (Wildman–Crippen MR) is 152 cm³/mol. The third-order valence-corrected chi connectivity index (χ3v) is 7.50. The summed E-state index contributed by atoms with van der Waals surface area (Å²) in [4.78, 5) is 22.6. The smallest absolute Gasteiger partial charge is 0.300 e. The first-order chi connectivity index (χ1) is 18.4. The van der Waals surface area contributed by atoms with Crippen molar-refractivity contribution in [2.24, 2.45) is 0 Å². The van der Waals surface area contributed by atoms with E-state index >= 15 is 0 Å². The number of carbonyl (C=O) groups is 1. The SMILES string of the molecule is [C-]#[N+]/C(C#N)=C1\N(CCC(=O)Nc2cc(CN3CCCCC3)ccc2Cl)CCN1Cc1cc(Cl)cc(Cl)c1. The van der Waals surface area contributed by atoms with Crippen molar-refractivity contribution < 1.29 is 4.79 Å². The first kappa shape index (κ1) is 28.1. The third kappa shape index (κ3) is 7.34. The summed E-state index contributed by atoms with van der Waals surface area (Å²) < 4.78 is 0. The van der Waals surface area contributed by atoms with E-state index in [-0.39, 0.29) is 18.0 Å². The monoisotopic (exact) mass is 570 g/mol. The lowest BCUT2D eigenvalue weighted by Gasteiger charge is -2.26. The van der Waals surface area contributed by atoms with Crippen LogP contribution < -0.4 is 5.32 Å². The maximum absolute atomic E-state index is 12.9. The molecule has 0 aromatic heterocycles. The molecule has 1 N–H and O–H groups in total. The lowest BCUT2D eigenvalue weighted by atomic mass is 10.1. The Kier molecular flexibility index (Phi) is 9.77. The molecule has 4 rings (SSSR count). The number of hydrogen-bond acceptors (Lipinski definition) is 5. The van der Waals surface area contributed by atoms with Crippen LogP contribution in [0, 0.1) is 17.9 Å². The van der Waals surface area contributed by atoms with Gasteiger partial charge in [-0.25, -0.2) is 10.1 Å². The van der Waals surface area contributed by atoms with Gasteiger partial charge < -0.3 is 15.1 Å². The molecule has 0 atom stereocenters. The Morgan fingerprint density at radius 1 is 0.947 bits per heavy atom. The van der Waals surface area contributed by atoms with Crippen LogP contribution in [0.4, 0.5) is 5.69 Å². The van der Waals surface area contributed by atoms with E-state index in [1.165, 1.54) is 19.3 Å². The fraction of sp³-hybridized carbons (Fsp3) is 0.393.